The predicted molar refractivity (Wildman–Crippen MR) is 72.2 cm³/mol. The van der Waals surface area contributed by atoms with Crippen LogP contribution in [0.5, 0.6) is 0 Å². The van der Waals surface area contributed by atoms with Gasteiger partial charge in [-0.05, 0) is 6.92 Å². The summed E-state index contributed by atoms with van der Waals surface area (Å²) in [6, 6.07) is 1.48. The molecule has 0 aliphatic heterocycles. The molecular formula is C12H13N3O5S. The summed E-state index contributed by atoms with van der Waals surface area (Å²) in [6.07, 6.45) is 0. The van der Waals surface area contributed by atoms with Crippen LogP contribution in [0.15, 0.2) is 10.6 Å². The average molecular weight is 311 g/mol. The Bertz CT molecular complexity index is 664. The topological polar surface area (TPSA) is 115 Å². The predicted octanol–water partition coefficient (Wildman–Crippen LogP) is 1.21. The quantitative estimate of drug-likeness (QED) is 0.824. The van der Waals surface area contributed by atoms with Crippen molar-refractivity contribution in [3.05, 3.63) is 33.1 Å². The van der Waals surface area contributed by atoms with Crippen molar-refractivity contribution in [1.82, 2.24) is 15.5 Å². The van der Waals surface area contributed by atoms with E-state index in [0.717, 1.165) is 11.3 Å². The molecule has 0 saturated heterocycles. The van der Waals surface area contributed by atoms with Gasteiger partial charge < -0.3 is 19.7 Å². The van der Waals surface area contributed by atoms with Crippen molar-refractivity contribution in [2.75, 3.05) is 7.11 Å². The molecule has 2 N–H and O–H groups in total. The third-order valence-electron chi connectivity index (χ3n) is 2.51. The molecule has 0 aliphatic carbocycles. The van der Waals surface area contributed by atoms with Crippen LogP contribution in [-0.2, 0) is 17.9 Å². The Morgan fingerprint density at radius 2 is 2.29 bits per heavy atom. The number of hydrogen-bond donors (Lipinski definition) is 2. The van der Waals surface area contributed by atoms with E-state index in [0.29, 0.717) is 16.5 Å². The van der Waals surface area contributed by atoms with Crippen molar-refractivity contribution in [3.8, 4) is 0 Å². The molecule has 0 fully saturated rings. The highest BCUT2D eigenvalue weighted by Gasteiger charge is 2.16. The summed E-state index contributed by atoms with van der Waals surface area (Å²) >= 11 is 1.03. The fourth-order valence-electron chi connectivity index (χ4n) is 1.60. The minimum Gasteiger partial charge on any atom is -0.477 e. The minimum atomic E-state index is -1.02. The van der Waals surface area contributed by atoms with Crippen LogP contribution in [0.25, 0.3) is 0 Å². The summed E-state index contributed by atoms with van der Waals surface area (Å²) in [4.78, 5) is 27.0. The number of carboxylic acids is 1. The van der Waals surface area contributed by atoms with Crippen LogP contribution < -0.4 is 5.32 Å². The molecule has 2 aromatic heterocycles. The van der Waals surface area contributed by atoms with Gasteiger partial charge in [0.1, 0.15) is 16.5 Å². The maximum absolute atomic E-state index is 11.8. The number of nitrogens with one attached hydrogen (secondary N) is 1. The zero-order chi connectivity index (χ0) is 15.4. The van der Waals surface area contributed by atoms with E-state index in [1.54, 1.807) is 6.92 Å². The Morgan fingerprint density at radius 1 is 1.52 bits per heavy atom. The first kappa shape index (κ1) is 15.1. The molecule has 0 radical (unpaired) electrons. The number of carbonyl (C=O) groups excluding carboxylic acids is 1. The van der Waals surface area contributed by atoms with Gasteiger partial charge in [0.25, 0.3) is 5.91 Å². The summed E-state index contributed by atoms with van der Waals surface area (Å²) in [5.41, 5.74) is 0.564. The maximum atomic E-state index is 11.8. The summed E-state index contributed by atoms with van der Waals surface area (Å²) in [7, 11) is 1.51. The van der Waals surface area contributed by atoms with E-state index in [2.05, 4.69) is 15.5 Å². The number of rotatable bonds is 6. The molecule has 9 heteroatoms. The molecule has 0 spiro atoms. The highest BCUT2D eigenvalue weighted by Crippen LogP contribution is 2.17. The number of nitrogens with zero attached hydrogens (tertiary/aromatic N) is 2. The second-order valence-corrected chi connectivity index (χ2v) is 5.21. The number of hydrogen-bond acceptors (Lipinski definition) is 7. The highest BCUT2D eigenvalue weighted by molar-refractivity contribution is 7.13. The smallest absolute Gasteiger partial charge is 0.347 e. The summed E-state index contributed by atoms with van der Waals surface area (Å²) in [5.74, 6) is -1.00. The molecule has 0 aliphatic rings. The molecule has 2 rings (SSSR count). The van der Waals surface area contributed by atoms with Crippen molar-refractivity contribution in [3.63, 3.8) is 0 Å². The van der Waals surface area contributed by atoms with Crippen LogP contribution in [0.3, 0.4) is 0 Å². The molecule has 2 heterocycles. The van der Waals surface area contributed by atoms with Crippen LogP contribution in [0.2, 0.25) is 0 Å². The van der Waals surface area contributed by atoms with E-state index in [1.807, 2.05) is 0 Å². The third kappa shape index (κ3) is 3.64. The normalized spacial score (nSPS) is 10.6. The van der Waals surface area contributed by atoms with E-state index in [-0.39, 0.29) is 23.7 Å². The summed E-state index contributed by atoms with van der Waals surface area (Å²) in [6.45, 7) is 1.97. The number of amides is 1. The Balaban J connectivity index is 1.97. The molecule has 0 saturated carbocycles. The number of carboxylic acid groups (broad SMARTS) is 1. The molecule has 8 nitrogen and oxygen atoms in total. The molecule has 0 unspecified atom stereocenters. The lowest BCUT2D eigenvalue weighted by Gasteiger charge is -1.98. The van der Waals surface area contributed by atoms with Gasteiger partial charge in [-0.3, -0.25) is 4.79 Å². The highest BCUT2D eigenvalue weighted by atomic mass is 32.1. The average Bonchev–Trinajstić information content (AvgIpc) is 3.03. The van der Waals surface area contributed by atoms with Crippen molar-refractivity contribution < 1.29 is 24.0 Å². The largest absolute Gasteiger partial charge is 0.477 e. The Kier molecular flexibility index (Phi) is 4.66. The molecule has 1 amide bonds. The van der Waals surface area contributed by atoms with E-state index in [4.69, 9.17) is 14.4 Å². The van der Waals surface area contributed by atoms with Crippen LogP contribution in [0, 0.1) is 6.92 Å². The number of aryl methyl sites for hydroxylation is 1. The standard InChI is InChI=1S/C12H13N3O5S/c1-6-10(12(17)18)21-9(14-6)4-13-11(16)8-3-7(5-19-2)20-15-8/h3H,4-5H2,1-2H3,(H,13,16)(H,17,18). The van der Waals surface area contributed by atoms with Crippen LogP contribution in [-0.4, -0.2) is 34.2 Å². The van der Waals surface area contributed by atoms with Gasteiger partial charge in [-0.1, -0.05) is 5.16 Å². The van der Waals surface area contributed by atoms with Crippen LogP contribution >= 0.6 is 11.3 Å². The molecule has 21 heavy (non-hydrogen) atoms. The summed E-state index contributed by atoms with van der Waals surface area (Å²) < 4.78 is 9.77. The Labute approximate surface area is 123 Å². The number of aromatic nitrogens is 2. The third-order valence-corrected chi connectivity index (χ3v) is 3.66. The number of aromatic carboxylic acids is 1. The Morgan fingerprint density at radius 3 is 2.90 bits per heavy atom. The number of carbonyl (C=O) groups is 2. The Hall–Kier alpha value is -2.26. The van der Waals surface area contributed by atoms with Gasteiger partial charge in [-0.25, -0.2) is 9.78 Å². The lowest BCUT2D eigenvalue weighted by Crippen LogP contribution is -2.22. The lowest BCUT2D eigenvalue weighted by molar-refractivity contribution is 0.0701. The molecule has 112 valence electrons. The monoisotopic (exact) mass is 311 g/mol. The van der Waals surface area contributed by atoms with Crippen molar-refractivity contribution in [2.45, 2.75) is 20.1 Å². The fourth-order valence-corrected chi connectivity index (χ4v) is 2.45. The second kappa shape index (κ2) is 6.46. The van der Waals surface area contributed by atoms with Crippen molar-refractivity contribution in [2.24, 2.45) is 0 Å². The van der Waals surface area contributed by atoms with Gasteiger partial charge in [-0.15, -0.1) is 11.3 Å². The van der Waals surface area contributed by atoms with Crippen LogP contribution in [0.1, 0.15) is 36.6 Å². The van der Waals surface area contributed by atoms with Gasteiger partial charge in [0, 0.05) is 13.2 Å². The van der Waals surface area contributed by atoms with Gasteiger partial charge in [-0.2, -0.15) is 0 Å². The molecule has 2 aromatic rings. The first-order valence-corrected chi connectivity index (χ1v) is 6.75. The van der Waals surface area contributed by atoms with E-state index >= 15 is 0 Å². The summed E-state index contributed by atoms with van der Waals surface area (Å²) in [5, 5.41) is 15.7. The van der Waals surface area contributed by atoms with Gasteiger partial charge in [0.2, 0.25) is 0 Å². The zero-order valence-corrected chi connectivity index (χ0v) is 12.2. The minimum absolute atomic E-state index is 0.129. The van der Waals surface area contributed by atoms with E-state index < -0.39 is 11.9 Å². The molecule has 0 atom stereocenters. The molecule has 0 aromatic carbocycles. The van der Waals surface area contributed by atoms with E-state index in [1.165, 1.54) is 13.2 Å². The van der Waals surface area contributed by atoms with E-state index in [9.17, 15) is 9.59 Å². The molecule has 0 bridgehead atoms. The van der Waals surface area contributed by atoms with Gasteiger partial charge in [0.05, 0.1) is 12.2 Å². The van der Waals surface area contributed by atoms with Crippen molar-refractivity contribution in [1.29, 1.82) is 0 Å². The number of thiazole rings is 1. The number of methoxy groups -OCH3 is 1. The van der Waals surface area contributed by atoms with Gasteiger partial charge >= 0.3 is 5.97 Å². The van der Waals surface area contributed by atoms with Crippen LogP contribution in [0.4, 0.5) is 0 Å². The fraction of sp³-hybridized carbons (Fsp3) is 0.333. The SMILES string of the molecule is COCc1cc(C(=O)NCc2nc(C)c(C(=O)O)s2)no1. The first-order valence-electron chi connectivity index (χ1n) is 5.93. The second-order valence-electron chi connectivity index (χ2n) is 4.12. The lowest BCUT2D eigenvalue weighted by atomic mass is 10.3. The van der Waals surface area contributed by atoms with Crippen molar-refractivity contribution >= 4 is 23.2 Å². The molecular weight excluding hydrogens is 298 g/mol. The first-order chi connectivity index (χ1) is 10.0. The zero-order valence-electron chi connectivity index (χ0n) is 11.4. The maximum Gasteiger partial charge on any atom is 0.347 e. The number of ether oxygens (including phenoxy) is 1. The van der Waals surface area contributed by atoms with Gasteiger partial charge in [0.15, 0.2) is 11.5 Å².